The van der Waals surface area contributed by atoms with E-state index in [9.17, 15) is 29.4 Å². The van der Waals surface area contributed by atoms with Gasteiger partial charge in [0.25, 0.3) is 0 Å². The lowest BCUT2D eigenvalue weighted by molar-refractivity contribution is -0.150. The first-order valence-electron chi connectivity index (χ1n) is 12.8. The van der Waals surface area contributed by atoms with Crippen molar-refractivity contribution in [2.24, 2.45) is 5.73 Å². The van der Waals surface area contributed by atoms with E-state index in [1.807, 2.05) is 24.3 Å². The van der Waals surface area contributed by atoms with Gasteiger partial charge in [-0.15, -0.1) is 0 Å². The van der Waals surface area contributed by atoms with Crippen LogP contribution in [-0.2, 0) is 32.0 Å². The topological polar surface area (TPSA) is 207 Å². The van der Waals surface area contributed by atoms with Gasteiger partial charge in [-0.1, -0.05) is 18.2 Å². The third-order valence-electron chi connectivity index (χ3n) is 6.93. The molecule has 13 heteroatoms. The number of aromatic amines is 2. The number of carboxylic acid groups (broad SMARTS) is 1. The largest absolute Gasteiger partial charge is 0.480 e. The van der Waals surface area contributed by atoms with Crippen LogP contribution in [0, 0.1) is 0 Å². The highest BCUT2D eigenvalue weighted by Gasteiger charge is 2.40. The number of aromatic nitrogens is 3. The highest BCUT2D eigenvalue weighted by atomic mass is 16.4. The van der Waals surface area contributed by atoms with Crippen LogP contribution in [0.25, 0.3) is 10.9 Å². The van der Waals surface area contributed by atoms with Gasteiger partial charge in [0.15, 0.2) is 0 Å². The second-order valence-corrected chi connectivity index (χ2v) is 9.77. The lowest BCUT2D eigenvalue weighted by atomic mass is 10.0. The summed E-state index contributed by atoms with van der Waals surface area (Å²) in [6, 6.07) is 2.91. The summed E-state index contributed by atoms with van der Waals surface area (Å²) in [6.45, 7) is 1.54. The Hall–Kier alpha value is -4.23. The number of hydrogen-bond acceptors (Lipinski definition) is 7. The molecule has 0 bridgehead atoms. The van der Waals surface area contributed by atoms with Gasteiger partial charge in [-0.2, -0.15) is 0 Å². The molecule has 1 saturated heterocycles. The molecule has 0 aliphatic carbocycles. The highest BCUT2D eigenvalue weighted by Crippen LogP contribution is 2.21. The van der Waals surface area contributed by atoms with Gasteiger partial charge in [0.1, 0.15) is 18.1 Å². The number of carbonyl (C=O) groups excluding carboxylic acids is 3. The zero-order chi connectivity index (χ0) is 28.1. The fourth-order valence-electron chi connectivity index (χ4n) is 4.84. The minimum absolute atomic E-state index is 0.0700. The first-order chi connectivity index (χ1) is 18.7. The quantitative estimate of drug-likeness (QED) is 0.167. The number of amides is 3. The molecule has 1 aliphatic rings. The summed E-state index contributed by atoms with van der Waals surface area (Å²) in [5.41, 5.74) is 8.33. The molecule has 1 fully saturated rings. The summed E-state index contributed by atoms with van der Waals surface area (Å²) >= 11 is 0. The predicted molar refractivity (Wildman–Crippen MR) is 140 cm³/mol. The van der Waals surface area contributed by atoms with E-state index in [4.69, 9.17) is 5.73 Å². The molecule has 13 nitrogen and oxygen atoms in total. The number of rotatable bonds is 11. The summed E-state index contributed by atoms with van der Waals surface area (Å²) < 4.78 is 0. The maximum absolute atomic E-state index is 13.5. The maximum atomic E-state index is 13.5. The number of fused-ring (bicyclic) bond motifs is 1. The molecule has 1 aliphatic heterocycles. The van der Waals surface area contributed by atoms with Crippen molar-refractivity contribution in [2.45, 2.75) is 62.9 Å². The summed E-state index contributed by atoms with van der Waals surface area (Å²) in [4.78, 5) is 62.5. The Kier molecular flexibility index (Phi) is 8.62. The van der Waals surface area contributed by atoms with E-state index < -0.39 is 54.0 Å². The number of aliphatic hydroxyl groups excluding tert-OH is 1. The molecule has 39 heavy (non-hydrogen) atoms. The Morgan fingerprint density at radius 3 is 2.62 bits per heavy atom. The molecule has 0 radical (unpaired) electrons. The number of carbonyl (C=O) groups is 4. The van der Waals surface area contributed by atoms with Crippen molar-refractivity contribution < 1.29 is 29.4 Å². The van der Waals surface area contributed by atoms with E-state index in [0.29, 0.717) is 12.1 Å². The number of aliphatic carboxylic acids is 1. The third-order valence-corrected chi connectivity index (χ3v) is 6.93. The number of nitrogens with zero attached hydrogens (tertiary/aromatic N) is 2. The molecule has 208 valence electrons. The monoisotopic (exact) mass is 539 g/mol. The van der Waals surface area contributed by atoms with Crippen molar-refractivity contribution in [3.05, 3.63) is 54.2 Å². The molecule has 5 atom stereocenters. The molecule has 2 aromatic heterocycles. The van der Waals surface area contributed by atoms with E-state index in [1.165, 1.54) is 13.3 Å². The molecular weight excluding hydrogens is 506 g/mol. The summed E-state index contributed by atoms with van der Waals surface area (Å²) in [5.74, 6) is -3.15. The predicted octanol–water partition coefficient (Wildman–Crippen LogP) is -0.570. The van der Waals surface area contributed by atoms with Crippen LogP contribution >= 0.6 is 0 Å². The lowest BCUT2D eigenvalue weighted by Gasteiger charge is -2.30. The van der Waals surface area contributed by atoms with Crippen molar-refractivity contribution in [1.29, 1.82) is 0 Å². The maximum Gasteiger partial charge on any atom is 0.326 e. The van der Waals surface area contributed by atoms with Crippen LogP contribution < -0.4 is 16.4 Å². The Balaban J connectivity index is 1.55. The van der Waals surface area contributed by atoms with Crippen LogP contribution in [-0.4, -0.2) is 90.6 Å². The Morgan fingerprint density at radius 2 is 1.92 bits per heavy atom. The summed E-state index contributed by atoms with van der Waals surface area (Å²) in [5, 5.41) is 26.0. The molecule has 8 N–H and O–H groups in total. The van der Waals surface area contributed by atoms with Gasteiger partial charge in [0.2, 0.25) is 17.7 Å². The van der Waals surface area contributed by atoms with E-state index in [1.54, 1.807) is 12.4 Å². The summed E-state index contributed by atoms with van der Waals surface area (Å²) in [7, 11) is 0. The number of hydrogen-bond donors (Lipinski definition) is 7. The smallest absolute Gasteiger partial charge is 0.326 e. The van der Waals surface area contributed by atoms with Crippen LogP contribution in [0.5, 0.6) is 0 Å². The molecular formula is C26H33N7O6. The molecule has 0 saturated carbocycles. The normalized spacial score (nSPS) is 18.3. The molecule has 4 rings (SSSR count). The van der Waals surface area contributed by atoms with Gasteiger partial charge in [-0.05, 0) is 31.4 Å². The average Bonchev–Trinajstić information content (AvgIpc) is 3.67. The van der Waals surface area contributed by atoms with Crippen molar-refractivity contribution >= 4 is 34.6 Å². The molecule has 3 amide bonds. The van der Waals surface area contributed by atoms with Gasteiger partial charge in [0, 0.05) is 48.4 Å². The van der Waals surface area contributed by atoms with E-state index >= 15 is 0 Å². The van der Waals surface area contributed by atoms with E-state index in [0.717, 1.165) is 21.4 Å². The number of likely N-dealkylation sites (tertiary alicyclic amines) is 1. The van der Waals surface area contributed by atoms with Crippen molar-refractivity contribution in [3.8, 4) is 0 Å². The number of H-pyrrole nitrogens is 2. The van der Waals surface area contributed by atoms with Crippen LogP contribution in [0.1, 0.15) is 31.0 Å². The SMILES string of the molecule is CC(O)C(NC(=O)C(Cc1c[nH]c2ccccc12)NC(=O)C(N)Cc1cnc[nH]1)C(=O)N1CCCC1C(=O)O. The third kappa shape index (κ3) is 6.44. The van der Waals surface area contributed by atoms with Crippen LogP contribution in [0.2, 0.25) is 0 Å². The zero-order valence-electron chi connectivity index (χ0n) is 21.5. The zero-order valence-corrected chi connectivity index (χ0v) is 21.5. The molecule has 3 aromatic rings. The van der Waals surface area contributed by atoms with Gasteiger partial charge in [-0.3, -0.25) is 14.4 Å². The first-order valence-corrected chi connectivity index (χ1v) is 12.8. The minimum atomic E-state index is -1.40. The van der Waals surface area contributed by atoms with Crippen molar-refractivity contribution in [1.82, 2.24) is 30.5 Å². The molecule has 5 unspecified atom stereocenters. The number of carboxylic acids is 1. The fraction of sp³-hybridized carbons (Fsp3) is 0.423. The van der Waals surface area contributed by atoms with Gasteiger partial charge in [-0.25, -0.2) is 9.78 Å². The van der Waals surface area contributed by atoms with Crippen LogP contribution in [0.3, 0.4) is 0 Å². The van der Waals surface area contributed by atoms with Gasteiger partial charge in [0.05, 0.1) is 18.5 Å². The number of nitrogens with two attached hydrogens (primary N) is 1. The number of benzene rings is 1. The number of para-hydroxylation sites is 1. The Morgan fingerprint density at radius 1 is 1.15 bits per heavy atom. The standard InChI is InChI=1S/C26H33N7O6/c1-14(34)22(25(37)33-8-4-7-21(33)26(38)39)32-24(36)20(9-15-11-29-19-6-3-2-5-17(15)19)31-23(35)18(27)10-16-12-28-13-30-16/h2-3,5-6,11-14,18,20-22,29,34H,4,7-10,27H2,1H3,(H,28,30)(H,31,35)(H,32,36)(H,38,39). The average molecular weight is 540 g/mol. The summed E-state index contributed by atoms with van der Waals surface area (Å²) in [6.07, 6.45) is 4.45. The Bertz CT molecular complexity index is 1320. The lowest BCUT2D eigenvalue weighted by Crippen LogP contribution is -2.60. The van der Waals surface area contributed by atoms with Gasteiger partial charge < -0.3 is 41.4 Å². The number of aliphatic hydroxyl groups is 1. The molecule has 3 heterocycles. The number of nitrogens with one attached hydrogen (secondary N) is 4. The second kappa shape index (κ2) is 12.1. The fourth-order valence-corrected chi connectivity index (χ4v) is 4.84. The highest BCUT2D eigenvalue weighted by molar-refractivity contribution is 5.95. The first kappa shape index (κ1) is 27.8. The minimum Gasteiger partial charge on any atom is -0.480 e. The van der Waals surface area contributed by atoms with Crippen LogP contribution in [0.4, 0.5) is 0 Å². The molecule has 1 aromatic carbocycles. The molecule has 0 spiro atoms. The van der Waals surface area contributed by atoms with Crippen molar-refractivity contribution in [3.63, 3.8) is 0 Å². The van der Waals surface area contributed by atoms with Crippen molar-refractivity contribution in [2.75, 3.05) is 6.54 Å². The van der Waals surface area contributed by atoms with E-state index in [2.05, 4.69) is 25.6 Å². The second-order valence-electron chi connectivity index (χ2n) is 9.77. The van der Waals surface area contributed by atoms with Gasteiger partial charge >= 0.3 is 5.97 Å². The number of imidazole rings is 1. The van der Waals surface area contributed by atoms with E-state index in [-0.39, 0.29) is 25.8 Å². The van der Waals surface area contributed by atoms with Crippen LogP contribution in [0.15, 0.2) is 43.0 Å². The Labute approximate surface area is 224 Å².